The largest absolute Gasteiger partial charge is 0.362 e. The smallest absolute Gasteiger partial charge is 0.170 e. The van der Waals surface area contributed by atoms with Crippen LogP contribution in [0.2, 0.25) is 0 Å². The van der Waals surface area contributed by atoms with E-state index in [1.807, 2.05) is 42.9 Å². The number of hydrogen-bond acceptors (Lipinski definition) is 3. The van der Waals surface area contributed by atoms with Gasteiger partial charge in [0.15, 0.2) is 11.6 Å². The normalized spacial score (nSPS) is 20.9. The van der Waals surface area contributed by atoms with E-state index in [-0.39, 0.29) is 23.9 Å². The molecule has 134 valence electrons. The maximum Gasteiger partial charge on any atom is 0.170 e. The topological polar surface area (TPSA) is 51.6 Å². The lowest BCUT2D eigenvalue weighted by molar-refractivity contribution is -0.128. The predicted molar refractivity (Wildman–Crippen MR) is 102 cm³/mol. The van der Waals surface area contributed by atoms with Crippen LogP contribution in [0.3, 0.4) is 0 Å². The first-order valence-electron chi connectivity index (χ1n) is 8.67. The van der Waals surface area contributed by atoms with Crippen molar-refractivity contribution in [2.75, 3.05) is 6.61 Å². The Kier molecular flexibility index (Phi) is 4.91. The molecule has 1 aromatic carbocycles. The average Bonchev–Trinajstić information content (AvgIpc) is 3.20. The molecular weight excluding hydrogens is 382 g/mol. The summed E-state index contributed by atoms with van der Waals surface area (Å²) in [5.41, 5.74) is 1.01. The Morgan fingerprint density at radius 3 is 2.64 bits per heavy atom. The summed E-state index contributed by atoms with van der Waals surface area (Å²) in [6.45, 7) is 6.45. The molecule has 2 heterocycles. The van der Waals surface area contributed by atoms with Gasteiger partial charge in [-0.15, -0.1) is 0 Å². The van der Waals surface area contributed by atoms with Crippen LogP contribution < -0.4 is 0 Å². The van der Waals surface area contributed by atoms with E-state index in [2.05, 4.69) is 29.8 Å². The van der Waals surface area contributed by atoms with E-state index >= 15 is 0 Å². The zero-order chi connectivity index (χ0) is 18.4. The number of halogens is 1. The van der Waals surface area contributed by atoms with Gasteiger partial charge in [-0.3, -0.25) is 9.59 Å². The standard InChI is InChI=1S/C20H24BrNO3/c1-12(2)7-13(19(24)20(3)11-25-20)8-18(23)16-10-22(4)17-6-5-14(21)9-15(16)17/h5-6,9-10,12-13H,7-8,11H2,1-4H3/t13-,20-/m1/s1. The fourth-order valence-electron chi connectivity index (χ4n) is 3.45. The molecule has 1 saturated heterocycles. The van der Waals surface area contributed by atoms with Gasteiger partial charge in [-0.2, -0.15) is 0 Å². The van der Waals surface area contributed by atoms with Gasteiger partial charge in [0, 0.05) is 46.5 Å². The molecule has 0 bridgehead atoms. The van der Waals surface area contributed by atoms with Crippen LogP contribution in [0, 0.1) is 11.8 Å². The Morgan fingerprint density at radius 2 is 2.04 bits per heavy atom. The summed E-state index contributed by atoms with van der Waals surface area (Å²) in [6.07, 6.45) is 2.81. The number of ether oxygens (including phenoxy) is 1. The quantitative estimate of drug-likeness (QED) is 0.501. The molecule has 0 spiro atoms. The second-order valence-corrected chi connectivity index (χ2v) is 8.57. The minimum absolute atomic E-state index is 0.0203. The molecule has 3 rings (SSSR count). The van der Waals surface area contributed by atoms with E-state index in [1.54, 1.807) is 0 Å². The van der Waals surface area contributed by atoms with E-state index < -0.39 is 5.60 Å². The Morgan fingerprint density at radius 1 is 1.36 bits per heavy atom. The number of aryl methyl sites for hydroxylation is 1. The Hall–Kier alpha value is -1.46. The molecule has 0 amide bonds. The molecule has 1 aromatic heterocycles. The van der Waals surface area contributed by atoms with Crippen LogP contribution in [-0.4, -0.2) is 28.3 Å². The predicted octanol–water partition coefficient (Wildman–Crippen LogP) is 4.53. The van der Waals surface area contributed by atoms with Gasteiger partial charge in [-0.1, -0.05) is 29.8 Å². The number of carbonyl (C=O) groups excluding carboxylic acids is 2. The van der Waals surface area contributed by atoms with E-state index in [1.165, 1.54) is 0 Å². The van der Waals surface area contributed by atoms with Gasteiger partial charge in [0.2, 0.25) is 0 Å². The number of nitrogens with zero attached hydrogens (tertiary/aromatic N) is 1. The van der Waals surface area contributed by atoms with Gasteiger partial charge in [-0.05, 0) is 37.5 Å². The van der Waals surface area contributed by atoms with E-state index in [0.29, 0.717) is 24.5 Å². The van der Waals surface area contributed by atoms with Crippen molar-refractivity contribution in [1.82, 2.24) is 4.57 Å². The van der Waals surface area contributed by atoms with E-state index in [4.69, 9.17) is 4.74 Å². The molecule has 5 heteroatoms. The first-order chi connectivity index (χ1) is 11.7. The maximum atomic E-state index is 13.0. The van der Waals surface area contributed by atoms with Crippen LogP contribution in [0.25, 0.3) is 10.9 Å². The maximum absolute atomic E-state index is 13.0. The number of fused-ring (bicyclic) bond motifs is 1. The number of rotatable bonds is 7. The monoisotopic (exact) mass is 405 g/mol. The lowest BCUT2D eigenvalue weighted by atomic mass is 9.83. The van der Waals surface area contributed by atoms with Gasteiger partial charge in [0.25, 0.3) is 0 Å². The zero-order valence-corrected chi connectivity index (χ0v) is 16.7. The van der Waals surface area contributed by atoms with Gasteiger partial charge < -0.3 is 9.30 Å². The highest BCUT2D eigenvalue weighted by Gasteiger charge is 2.49. The highest BCUT2D eigenvalue weighted by Crippen LogP contribution is 2.35. The fourth-order valence-corrected chi connectivity index (χ4v) is 3.82. The summed E-state index contributed by atoms with van der Waals surface area (Å²) in [4.78, 5) is 25.8. The van der Waals surface area contributed by atoms with Crippen molar-refractivity contribution in [1.29, 1.82) is 0 Å². The lowest BCUT2D eigenvalue weighted by Crippen LogP contribution is -2.31. The summed E-state index contributed by atoms with van der Waals surface area (Å²) in [7, 11) is 1.93. The molecule has 1 aliphatic heterocycles. The molecule has 2 atom stereocenters. The van der Waals surface area contributed by atoms with Crippen LogP contribution in [0.15, 0.2) is 28.9 Å². The molecule has 4 nitrogen and oxygen atoms in total. The third kappa shape index (κ3) is 3.72. The number of aromatic nitrogens is 1. The summed E-state index contributed by atoms with van der Waals surface area (Å²) >= 11 is 3.47. The number of ketones is 2. The van der Waals surface area contributed by atoms with Crippen LogP contribution in [0.1, 0.15) is 44.0 Å². The number of carbonyl (C=O) groups is 2. The summed E-state index contributed by atoms with van der Waals surface area (Å²) < 4.78 is 8.22. The van der Waals surface area contributed by atoms with Crippen LogP contribution >= 0.6 is 15.9 Å². The van der Waals surface area contributed by atoms with Crippen molar-refractivity contribution in [3.05, 3.63) is 34.4 Å². The van der Waals surface area contributed by atoms with Crippen LogP contribution in [-0.2, 0) is 16.6 Å². The van der Waals surface area contributed by atoms with Crippen LogP contribution in [0.4, 0.5) is 0 Å². The minimum Gasteiger partial charge on any atom is -0.362 e. The second kappa shape index (κ2) is 6.69. The number of Topliss-reactive ketones (excluding diaryl/α,β-unsaturated/α-hetero) is 2. The number of benzene rings is 1. The molecule has 1 fully saturated rings. The van der Waals surface area contributed by atoms with Gasteiger partial charge in [0.05, 0.1) is 6.61 Å². The molecular formula is C20H24BrNO3. The lowest BCUT2D eigenvalue weighted by Gasteiger charge is -2.19. The highest BCUT2D eigenvalue weighted by atomic mass is 79.9. The highest BCUT2D eigenvalue weighted by molar-refractivity contribution is 9.10. The van der Waals surface area contributed by atoms with Gasteiger partial charge >= 0.3 is 0 Å². The fraction of sp³-hybridized carbons (Fsp3) is 0.500. The van der Waals surface area contributed by atoms with Crippen molar-refractivity contribution in [3.8, 4) is 0 Å². The summed E-state index contributed by atoms with van der Waals surface area (Å²) in [6, 6.07) is 5.92. The van der Waals surface area contributed by atoms with E-state index in [0.717, 1.165) is 15.4 Å². The summed E-state index contributed by atoms with van der Waals surface area (Å²) in [5.74, 6) is 0.149. The third-order valence-electron chi connectivity index (χ3n) is 4.91. The molecule has 0 unspecified atom stereocenters. The van der Waals surface area contributed by atoms with Crippen molar-refractivity contribution in [3.63, 3.8) is 0 Å². The number of hydrogen-bond donors (Lipinski definition) is 0. The van der Waals surface area contributed by atoms with Crippen molar-refractivity contribution in [2.45, 2.75) is 39.2 Å². The molecule has 0 N–H and O–H groups in total. The van der Waals surface area contributed by atoms with Crippen molar-refractivity contribution < 1.29 is 14.3 Å². The first kappa shape index (κ1) is 18.3. The molecule has 0 radical (unpaired) electrons. The second-order valence-electron chi connectivity index (χ2n) is 7.65. The molecule has 1 aliphatic rings. The third-order valence-corrected chi connectivity index (χ3v) is 5.40. The van der Waals surface area contributed by atoms with Crippen molar-refractivity contribution in [2.24, 2.45) is 18.9 Å². The summed E-state index contributed by atoms with van der Waals surface area (Å²) in [5, 5.41) is 0.923. The molecule has 25 heavy (non-hydrogen) atoms. The van der Waals surface area contributed by atoms with Gasteiger partial charge in [-0.25, -0.2) is 0 Å². The molecule has 2 aromatic rings. The van der Waals surface area contributed by atoms with Crippen LogP contribution in [0.5, 0.6) is 0 Å². The Bertz CT molecular complexity index is 833. The first-order valence-corrected chi connectivity index (χ1v) is 9.46. The Balaban J connectivity index is 1.89. The average molecular weight is 406 g/mol. The van der Waals surface area contributed by atoms with Crippen molar-refractivity contribution >= 4 is 38.4 Å². The molecule has 0 saturated carbocycles. The minimum atomic E-state index is -0.679. The Labute approximate surface area is 156 Å². The zero-order valence-electron chi connectivity index (χ0n) is 15.1. The number of epoxide rings is 1. The molecule has 0 aliphatic carbocycles. The SMILES string of the molecule is CC(C)C[C@H](CC(=O)c1cn(C)c2ccc(Br)cc12)C(=O)[C@@]1(C)CO1. The van der Waals surface area contributed by atoms with Gasteiger partial charge in [0.1, 0.15) is 5.60 Å². The van der Waals surface area contributed by atoms with E-state index in [9.17, 15) is 9.59 Å².